The Morgan fingerprint density at radius 2 is 0.697 bits per heavy atom. The molecule has 18 rings (SSSR count). The number of likely N-dealkylation sites (tertiary alicyclic amines) is 2. The molecule has 4 N–H and O–H groups in total. The van der Waals surface area contributed by atoms with Gasteiger partial charge in [0.25, 0.3) is 23.6 Å². The lowest BCUT2D eigenvalue weighted by Crippen LogP contribution is -2.35. The van der Waals surface area contributed by atoms with Crippen LogP contribution < -0.4 is 39.0 Å². The monoisotopic (exact) mass is 2000 g/mol. The summed E-state index contributed by atoms with van der Waals surface area (Å²) in [4.78, 5) is 22.8. The highest BCUT2D eigenvalue weighted by atomic mass is 32.2. The molecule has 0 amide bonds. The van der Waals surface area contributed by atoms with Gasteiger partial charge < -0.3 is 57.5 Å². The molecule has 6 aliphatic rings. The minimum absolute atomic E-state index is 0.0391. The van der Waals surface area contributed by atoms with Gasteiger partial charge in [0.1, 0.15) is 57.1 Å². The number of fused-ring (bicyclic) bond motifs is 4. The van der Waals surface area contributed by atoms with Crippen LogP contribution in [0.5, 0.6) is 23.0 Å². The number of ether oxygens (including phenoxy) is 4. The lowest BCUT2D eigenvalue weighted by atomic mass is 10.0. The summed E-state index contributed by atoms with van der Waals surface area (Å²) in [7, 11) is -12.8. The number of nitriles is 4. The SMILES string of the molecule is CC(C)Oc1ccc(-c2nc(-c3cccc4c3CCC4NCCS(C)(=O)=O)no2)cc1C#N.CC(C)Oc1ccc(-c2nc(-c3cccc4c3CC[C@@H]4NS(=O)(=O)CCN3CCCC3)no2)cc1C#N.CC(C)Oc1ccc(-c2nc(-c3cccc4c3CC[C@@H]4NS(=O)(=O)CCN3CC[C@@H](C)C3)no2)cc1C#N.CCS(=O)(=O)CCNC1CCc2c(-c3noc(-c4ccc(OC(C)C)c(C#N)c4)n3)cccc21. The zero-order valence-electron chi connectivity index (χ0n) is 81.4. The van der Waals surface area contributed by atoms with E-state index >= 15 is 0 Å². The van der Waals surface area contributed by atoms with Gasteiger partial charge in [-0.1, -0.05) is 107 Å². The molecule has 2 unspecified atom stereocenters. The van der Waals surface area contributed by atoms with E-state index < -0.39 is 39.7 Å². The van der Waals surface area contributed by atoms with Gasteiger partial charge in [-0.2, -0.15) is 41.0 Å². The Morgan fingerprint density at radius 1 is 0.394 bits per heavy atom. The van der Waals surface area contributed by atoms with Gasteiger partial charge in [-0.05, 0) is 269 Å². The molecule has 142 heavy (non-hydrogen) atoms. The van der Waals surface area contributed by atoms with Crippen LogP contribution in [0, 0.1) is 51.2 Å². The lowest BCUT2D eigenvalue weighted by Gasteiger charge is -2.18. The molecule has 2 saturated heterocycles. The molecule has 0 bridgehead atoms. The molecule has 2 aliphatic heterocycles. The predicted octanol–water partition coefficient (Wildman–Crippen LogP) is 16.1. The molecular formula is C104H118N18O16S4. The van der Waals surface area contributed by atoms with E-state index in [1.165, 1.54) is 6.26 Å². The van der Waals surface area contributed by atoms with E-state index in [9.17, 15) is 54.7 Å². The van der Waals surface area contributed by atoms with Gasteiger partial charge in [0, 0.05) is 113 Å². The molecule has 0 spiro atoms. The quantitative estimate of drug-likeness (QED) is 0.0286. The Labute approximate surface area is 829 Å². The van der Waals surface area contributed by atoms with E-state index in [2.05, 4.69) is 114 Å². The van der Waals surface area contributed by atoms with Gasteiger partial charge in [-0.15, -0.1) is 0 Å². The maximum Gasteiger partial charge on any atom is 0.258 e. The fourth-order valence-electron chi connectivity index (χ4n) is 18.6. The first kappa shape index (κ1) is 103. The Kier molecular flexibility index (Phi) is 33.5. The topological polar surface area (TPSA) is 479 Å². The molecule has 4 aliphatic carbocycles. The van der Waals surface area contributed by atoms with Crippen LogP contribution in [0.15, 0.2) is 164 Å². The number of hydrogen-bond acceptors (Lipinski definition) is 32. The van der Waals surface area contributed by atoms with Gasteiger partial charge in [-0.3, -0.25) is 0 Å². The molecule has 5 atom stereocenters. The van der Waals surface area contributed by atoms with Crippen LogP contribution in [0.4, 0.5) is 0 Å². The molecular weight excluding hydrogens is 1890 g/mol. The zero-order valence-corrected chi connectivity index (χ0v) is 84.7. The second-order valence-corrected chi connectivity index (χ2v) is 45.9. The predicted molar refractivity (Wildman–Crippen MR) is 537 cm³/mol. The summed E-state index contributed by atoms with van der Waals surface area (Å²) in [6, 6.07) is 52.7. The highest BCUT2D eigenvalue weighted by Gasteiger charge is 2.36. The largest absolute Gasteiger partial charge is 0.490 e. The molecule has 744 valence electrons. The third-order valence-electron chi connectivity index (χ3n) is 25.4. The number of benzene rings is 8. The standard InChI is InChI=1S/C28H33N5O4S.C27H31N5O4S.C25H28N4O4S.C24H26N4O4S/c1-18(2)36-26-10-7-20(15-21(26)16-29)28-30-27(31-37-28)24-6-4-5-23-22(24)8-9-25(23)32-38(34,35)14-13-33-12-11-19(3)17-33;1-18(2)35-25-11-8-19(16-20(25)17-28)27-29-26(30-36-27)23-7-5-6-22-21(23)9-10-24(22)31-37(33,34)15-14-32-12-3-4-13-32;1-4-34(30,31)13-12-27-22-10-9-19-20(22)6-5-7-21(19)24-28-25(33-29-24)17-8-11-23(32-16(2)3)18(14-17)15-26;1-15(2)31-22-10-7-16(13-17(22)14-25)24-27-23(28-32-24)20-6-4-5-19-18(20)8-9-21(19)26-11-12-33(3,29)30/h4-7,10,15,18-19,25,32H,8-9,11-14,17H2,1-3H3;5-8,11,16,18,24,31H,3-4,9-10,12-15H2,1-2H3;5-8,11,14,16,22,27H,4,9-10,12-13H2,1-3H3;4-7,10,13,15,21,26H,8-9,11-12H2,1-3H3/t19-,25+;24-;;/m10../s1. The normalized spacial score (nSPS) is 17.1. The van der Waals surface area contributed by atoms with E-state index in [0.29, 0.717) is 172 Å². The van der Waals surface area contributed by atoms with Crippen molar-refractivity contribution in [3.63, 3.8) is 0 Å². The van der Waals surface area contributed by atoms with Crippen LogP contribution in [-0.2, 0) is 65.4 Å². The van der Waals surface area contributed by atoms with Crippen molar-refractivity contribution in [2.24, 2.45) is 5.92 Å². The maximum absolute atomic E-state index is 12.9. The van der Waals surface area contributed by atoms with Crippen molar-refractivity contribution in [2.75, 3.05) is 87.4 Å². The molecule has 8 aromatic carbocycles. The average molecular weight is 2000 g/mol. The highest BCUT2D eigenvalue weighted by molar-refractivity contribution is 7.91. The third kappa shape index (κ3) is 26.1. The average Bonchev–Trinajstić information content (AvgIpc) is 1.65. The van der Waals surface area contributed by atoms with Crippen LogP contribution in [-0.4, -0.2) is 196 Å². The summed E-state index contributed by atoms with van der Waals surface area (Å²) in [5, 5.41) is 61.6. The summed E-state index contributed by atoms with van der Waals surface area (Å²) in [5.41, 5.74) is 16.1. The molecule has 34 nitrogen and oxygen atoms in total. The third-order valence-corrected chi connectivity index (χ3v) is 30.8. The smallest absolute Gasteiger partial charge is 0.258 e. The summed E-state index contributed by atoms with van der Waals surface area (Å²) in [5.74, 6) is 6.41. The van der Waals surface area contributed by atoms with E-state index in [1.807, 2.05) is 116 Å². The van der Waals surface area contributed by atoms with Gasteiger partial charge in [-0.25, -0.2) is 43.1 Å². The van der Waals surface area contributed by atoms with E-state index in [4.69, 9.17) is 37.0 Å². The lowest BCUT2D eigenvalue weighted by molar-refractivity contribution is 0.241. The van der Waals surface area contributed by atoms with Crippen molar-refractivity contribution in [3.05, 3.63) is 212 Å². The summed E-state index contributed by atoms with van der Waals surface area (Å²) in [6.45, 7) is 25.0. The molecule has 12 aromatic rings. The minimum Gasteiger partial charge on any atom is -0.490 e. The minimum atomic E-state index is -3.42. The van der Waals surface area contributed by atoms with Crippen LogP contribution in [0.1, 0.15) is 205 Å². The highest BCUT2D eigenvalue weighted by Crippen LogP contribution is 2.44. The van der Waals surface area contributed by atoms with Crippen LogP contribution >= 0.6 is 0 Å². The van der Waals surface area contributed by atoms with Gasteiger partial charge >= 0.3 is 0 Å². The zero-order chi connectivity index (χ0) is 101. The first-order valence-electron chi connectivity index (χ1n) is 48.1. The van der Waals surface area contributed by atoms with Crippen molar-refractivity contribution in [2.45, 2.75) is 188 Å². The molecule has 38 heteroatoms. The van der Waals surface area contributed by atoms with Crippen molar-refractivity contribution in [1.29, 1.82) is 21.0 Å². The second-order valence-electron chi connectivity index (χ2n) is 37.4. The van der Waals surface area contributed by atoms with E-state index in [1.54, 1.807) is 79.7 Å². The molecule has 4 aromatic heterocycles. The Bertz CT molecular complexity index is 7210. The number of rotatable bonds is 35. The summed E-state index contributed by atoms with van der Waals surface area (Å²) in [6.07, 6.45) is 10.7. The van der Waals surface area contributed by atoms with Crippen molar-refractivity contribution < 1.29 is 70.7 Å². The van der Waals surface area contributed by atoms with Crippen molar-refractivity contribution in [3.8, 4) is 139 Å². The van der Waals surface area contributed by atoms with Crippen molar-refractivity contribution >= 4 is 39.7 Å². The second kappa shape index (κ2) is 46.0. The first-order valence-corrected chi connectivity index (χ1v) is 55.3. The van der Waals surface area contributed by atoms with Gasteiger partial charge in [0.15, 0.2) is 9.84 Å². The van der Waals surface area contributed by atoms with Gasteiger partial charge in [0.05, 0.1) is 69.7 Å². The fourth-order valence-corrected chi connectivity index (χ4v) is 22.4. The molecule has 6 heterocycles. The number of sulfonamides is 2. The molecule has 2 fully saturated rings. The van der Waals surface area contributed by atoms with Crippen molar-refractivity contribution in [1.82, 2.24) is 70.4 Å². The number of sulfone groups is 2. The van der Waals surface area contributed by atoms with Gasteiger partial charge in [0.2, 0.25) is 43.3 Å². The maximum atomic E-state index is 12.9. The number of nitrogens with zero attached hydrogens (tertiary/aromatic N) is 14. The number of nitrogens with one attached hydrogen (secondary N) is 4. The number of aromatic nitrogens is 8. The molecule has 0 radical (unpaired) electrons. The van der Waals surface area contributed by atoms with Crippen LogP contribution in [0.2, 0.25) is 0 Å². The Balaban J connectivity index is 0.000000143. The van der Waals surface area contributed by atoms with E-state index in [0.717, 1.165) is 138 Å². The molecule has 0 saturated carbocycles. The fraction of sp³-hybridized carbons (Fsp3) is 0.423. The Hall–Kier alpha value is -13.0. The van der Waals surface area contributed by atoms with Crippen LogP contribution in [0.3, 0.4) is 0 Å². The van der Waals surface area contributed by atoms with E-state index in [-0.39, 0.29) is 77.3 Å². The summed E-state index contributed by atoms with van der Waals surface area (Å²) >= 11 is 0. The number of hydrogen-bond donors (Lipinski definition) is 4. The Morgan fingerprint density at radius 3 is 0.986 bits per heavy atom. The first-order chi connectivity index (χ1) is 68.1. The summed E-state index contributed by atoms with van der Waals surface area (Å²) < 4.78 is 149. The van der Waals surface area contributed by atoms with Crippen LogP contribution in [0.25, 0.3) is 91.4 Å².